The normalized spacial score (nSPS) is 14.2. The second kappa shape index (κ2) is 8.28. The fourth-order valence-electron chi connectivity index (χ4n) is 1.71. The van der Waals surface area contributed by atoms with Gasteiger partial charge in [0.05, 0.1) is 0 Å². The van der Waals surface area contributed by atoms with Crippen molar-refractivity contribution >= 4 is 35.6 Å². The Morgan fingerprint density at radius 1 is 0.895 bits per heavy atom. The molecule has 0 aromatic carbocycles. The van der Waals surface area contributed by atoms with Crippen LogP contribution in [0, 0.1) is 0 Å². The first-order valence-corrected chi connectivity index (χ1v) is 7.10. The van der Waals surface area contributed by atoms with E-state index in [9.17, 15) is 0 Å². The van der Waals surface area contributed by atoms with Gasteiger partial charge in [-0.25, -0.2) is 0 Å². The van der Waals surface area contributed by atoms with Gasteiger partial charge >= 0.3 is 0 Å². The fraction of sp³-hybridized carbons (Fsp3) is 0.111. The highest BCUT2D eigenvalue weighted by molar-refractivity contribution is 7.11. The van der Waals surface area contributed by atoms with Crippen molar-refractivity contribution in [3.05, 3.63) is 69.8 Å². The first kappa shape index (κ1) is 15.2. The van der Waals surface area contributed by atoms with Crippen molar-refractivity contribution in [3.63, 3.8) is 0 Å². The summed E-state index contributed by atoms with van der Waals surface area (Å²) in [6, 6.07) is 0. The summed E-state index contributed by atoms with van der Waals surface area (Å²) in [4.78, 5) is 1.24. The van der Waals surface area contributed by atoms with Crippen LogP contribution in [0.4, 0.5) is 0 Å². The SMILES string of the molecule is C=C/C=C\c1sc(=C/C=C)/c(=C\C=C/C)c1/C=C\C. The molecule has 0 aliphatic carbocycles. The molecule has 0 unspecified atom stereocenters. The predicted octanol–water partition coefficient (Wildman–Crippen LogP) is 4.30. The van der Waals surface area contributed by atoms with E-state index in [1.165, 1.54) is 20.2 Å². The van der Waals surface area contributed by atoms with E-state index in [1.807, 2.05) is 32.1 Å². The molecule has 1 heteroatoms. The molecule has 0 atom stereocenters. The average Bonchev–Trinajstić information content (AvgIpc) is 2.73. The van der Waals surface area contributed by atoms with Gasteiger partial charge in [0.15, 0.2) is 0 Å². The van der Waals surface area contributed by atoms with E-state index in [-0.39, 0.29) is 0 Å². The van der Waals surface area contributed by atoms with Gasteiger partial charge in [-0.1, -0.05) is 61.8 Å². The van der Waals surface area contributed by atoms with E-state index < -0.39 is 0 Å². The highest BCUT2D eigenvalue weighted by Crippen LogP contribution is 2.13. The molecule has 0 bridgehead atoms. The molecule has 0 amide bonds. The van der Waals surface area contributed by atoms with Gasteiger partial charge in [-0.3, -0.25) is 0 Å². The molecular formula is C18H20S. The second-order valence-electron chi connectivity index (χ2n) is 3.85. The van der Waals surface area contributed by atoms with Crippen molar-refractivity contribution in [2.75, 3.05) is 0 Å². The molecule has 0 nitrogen and oxygen atoms in total. The van der Waals surface area contributed by atoms with Crippen LogP contribution in [-0.2, 0) is 0 Å². The van der Waals surface area contributed by atoms with Crippen molar-refractivity contribution in [2.24, 2.45) is 0 Å². The minimum Gasteiger partial charge on any atom is -0.135 e. The van der Waals surface area contributed by atoms with Crippen LogP contribution in [0.3, 0.4) is 0 Å². The standard InChI is InChI=1S/C18H20S/c1-5-9-13-16-15(11-7-3)18(14-10-6-2)19-17(16)12-8-4/h5-14H,2,4H2,1,3H3/b9-5-,11-7-,14-10-,16-13-,17-12+. The first-order chi connectivity index (χ1) is 9.28. The molecule has 1 rings (SSSR count). The molecule has 0 N–H and O–H groups in total. The second-order valence-corrected chi connectivity index (χ2v) is 4.93. The van der Waals surface area contributed by atoms with E-state index in [2.05, 4.69) is 49.6 Å². The van der Waals surface area contributed by atoms with E-state index in [1.54, 1.807) is 17.4 Å². The van der Waals surface area contributed by atoms with Crippen LogP contribution in [0.2, 0.25) is 0 Å². The Bertz CT molecular complexity index is 634. The third kappa shape index (κ3) is 4.08. The Morgan fingerprint density at radius 3 is 2.26 bits per heavy atom. The van der Waals surface area contributed by atoms with Crippen LogP contribution in [0.25, 0.3) is 24.3 Å². The molecule has 1 aromatic heterocycles. The Morgan fingerprint density at radius 2 is 1.68 bits per heavy atom. The van der Waals surface area contributed by atoms with Crippen molar-refractivity contribution < 1.29 is 0 Å². The molecule has 0 saturated heterocycles. The summed E-state index contributed by atoms with van der Waals surface area (Å²) in [7, 11) is 0. The van der Waals surface area contributed by atoms with Gasteiger partial charge < -0.3 is 0 Å². The zero-order chi connectivity index (χ0) is 14.1. The highest BCUT2D eigenvalue weighted by atomic mass is 32.1. The monoisotopic (exact) mass is 268 g/mol. The van der Waals surface area contributed by atoms with Gasteiger partial charge in [-0.15, -0.1) is 11.3 Å². The summed E-state index contributed by atoms with van der Waals surface area (Å²) in [5.74, 6) is 0. The number of allylic oxidation sites excluding steroid dienone is 6. The predicted molar refractivity (Wildman–Crippen MR) is 91.4 cm³/mol. The lowest BCUT2D eigenvalue weighted by Crippen LogP contribution is -2.19. The zero-order valence-corrected chi connectivity index (χ0v) is 12.4. The van der Waals surface area contributed by atoms with Gasteiger partial charge in [0, 0.05) is 14.6 Å². The first-order valence-electron chi connectivity index (χ1n) is 6.28. The minimum atomic E-state index is 1.23. The number of hydrogen-bond acceptors (Lipinski definition) is 1. The lowest BCUT2D eigenvalue weighted by Gasteiger charge is -1.91. The van der Waals surface area contributed by atoms with Crippen molar-refractivity contribution in [1.82, 2.24) is 0 Å². The van der Waals surface area contributed by atoms with Crippen LogP contribution in [0.5, 0.6) is 0 Å². The molecule has 0 fully saturated rings. The summed E-state index contributed by atoms with van der Waals surface area (Å²) in [6.45, 7) is 11.6. The molecule has 1 aromatic rings. The van der Waals surface area contributed by atoms with Gasteiger partial charge in [-0.2, -0.15) is 0 Å². The molecule has 19 heavy (non-hydrogen) atoms. The third-order valence-electron chi connectivity index (χ3n) is 2.48. The Labute approximate surface area is 119 Å². The molecule has 0 aliphatic rings. The lowest BCUT2D eigenvalue weighted by molar-refractivity contribution is 1.62. The van der Waals surface area contributed by atoms with Gasteiger partial charge in [0.1, 0.15) is 0 Å². The molecule has 0 saturated carbocycles. The van der Waals surface area contributed by atoms with Crippen LogP contribution >= 0.6 is 11.3 Å². The van der Waals surface area contributed by atoms with Crippen LogP contribution in [-0.4, -0.2) is 0 Å². The number of rotatable bonds is 5. The summed E-state index contributed by atoms with van der Waals surface area (Å²) in [6.07, 6.45) is 20.2. The lowest BCUT2D eigenvalue weighted by atomic mass is 10.1. The summed E-state index contributed by atoms with van der Waals surface area (Å²) < 4.78 is 1.23. The zero-order valence-electron chi connectivity index (χ0n) is 11.6. The average molecular weight is 268 g/mol. The minimum absolute atomic E-state index is 1.23. The van der Waals surface area contributed by atoms with Crippen LogP contribution in [0.1, 0.15) is 24.3 Å². The largest absolute Gasteiger partial charge is 0.135 e. The smallest absolute Gasteiger partial charge is 0.0355 e. The number of thiophene rings is 1. The Balaban J connectivity index is 3.69. The molecule has 98 valence electrons. The topological polar surface area (TPSA) is 0 Å². The third-order valence-corrected chi connectivity index (χ3v) is 3.63. The maximum Gasteiger partial charge on any atom is 0.0355 e. The van der Waals surface area contributed by atoms with E-state index in [0.29, 0.717) is 0 Å². The molecule has 0 spiro atoms. The molecule has 0 radical (unpaired) electrons. The molecule has 0 aliphatic heterocycles. The summed E-state index contributed by atoms with van der Waals surface area (Å²) >= 11 is 1.76. The van der Waals surface area contributed by atoms with Gasteiger partial charge in [0.2, 0.25) is 0 Å². The van der Waals surface area contributed by atoms with Gasteiger partial charge in [-0.05, 0) is 31.6 Å². The maximum atomic E-state index is 3.79. The van der Waals surface area contributed by atoms with E-state index in [0.717, 1.165) is 0 Å². The maximum absolute atomic E-state index is 3.79. The van der Waals surface area contributed by atoms with Crippen molar-refractivity contribution in [1.29, 1.82) is 0 Å². The molecular weight excluding hydrogens is 248 g/mol. The van der Waals surface area contributed by atoms with Gasteiger partial charge in [0.25, 0.3) is 0 Å². The van der Waals surface area contributed by atoms with Crippen LogP contribution in [0.15, 0.2) is 49.6 Å². The van der Waals surface area contributed by atoms with E-state index >= 15 is 0 Å². The van der Waals surface area contributed by atoms with Crippen LogP contribution < -0.4 is 9.75 Å². The fourth-order valence-corrected chi connectivity index (χ4v) is 2.83. The summed E-state index contributed by atoms with van der Waals surface area (Å²) in [5, 5.41) is 1.24. The van der Waals surface area contributed by atoms with Crippen molar-refractivity contribution in [2.45, 2.75) is 13.8 Å². The Kier molecular flexibility index (Phi) is 6.62. The van der Waals surface area contributed by atoms with Crippen molar-refractivity contribution in [3.8, 4) is 0 Å². The Hall–Kier alpha value is -1.86. The summed E-state index contributed by atoms with van der Waals surface area (Å²) in [5.41, 5.74) is 1.25. The quantitative estimate of drug-likeness (QED) is 0.698. The molecule has 1 heterocycles. The number of hydrogen-bond donors (Lipinski definition) is 0. The highest BCUT2D eigenvalue weighted by Gasteiger charge is 2.03. The van der Waals surface area contributed by atoms with E-state index in [4.69, 9.17) is 0 Å².